The van der Waals surface area contributed by atoms with E-state index in [4.69, 9.17) is 9.47 Å². The van der Waals surface area contributed by atoms with Crippen LogP contribution in [0.1, 0.15) is 52.7 Å². The Labute approximate surface area is 168 Å². The van der Waals surface area contributed by atoms with Gasteiger partial charge in [0.05, 0.1) is 11.5 Å². The summed E-state index contributed by atoms with van der Waals surface area (Å²) in [5, 5.41) is 0. The molecular weight excluding hydrogens is 372 g/mol. The van der Waals surface area contributed by atoms with Crippen molar-refractivity contribution in [2.24, 2.45) is 0 Å². The Morgan fingerprint density at radius 2 is 1.64 bits per heavy atom. The van der Waals surface area contributed by atoms with E-state index in [1.165, 1.54) is 0 Å². The normalized spacial score (nSPS) is 17.4. The Morgan fingerprint density at radius 1 is 1.00 bits per heavy atom. The summed E-state index contributed by atoms with van der Waals surface area (Å²) in [5.41, 5.74) is 1.25. The van der Waals surface area contributed by atoms with Gasteiger partial charge in [0.1, 0.15) is 23.4 Å². The molecule has 1 saturated heterocycles. The summed E-state index contributed by atoms with van der Waals surface area (Å²) in [6.07, 6.45) is 0.0538. The summed E-state index contributed by atoms with van der Waals surface area (Å²) in [4.78, 5) is 0.554. The second kappa shape index (κ2) is 7.20. The monoisotopic (exact) mass is 402 g/mol. The van der Waals surface area contributed by atoms with Gasteiger partial charge in [0.25, 0.3) is 0 Å². The second-order valence-electron chi connectivity index (χ2n) is 9.43. The van der Waals surface area contributed by atoms with E-state index in [9.17, 15) is 8.42 Å². The molecule has 0 radical (unpaired) electrons. The number of rotatable bonds is 5. The molecule has 0 amide bonds. The lowest BCUT2D eigenvalue weighted by molar-refractivity contribution is 0.257. The van der Waals surface area contributed by atoms with Crippen LogP contribution in [-0.4, -0.2) is 27.7 Å². The van der Waals surface area contributed by atoms with Crippen LogP contribution in [0.15, 0.2) is 52.3 Å². The topological polar surface area (TPSA) is 55.9 Å². The van der Waals surface area contributed by atoms with Gasteiger partial charge in [0.15, 0.2) is 0 Å². The van der Waals surface area contributed by atoms with Crippen molar-refractivity contribution in [2.45, 2.75) is 68.3 Å². The molecule has 3 rings (SSSR count). The molecule has 1 atom stereocenters. The zero-order valence-corrected chi connectivity index (χ0v) is 18.4. The van der Waals surface area contributed by atoms with E-state index >= 15 is 0 Å². The molecule has 5 heteroatoms. The number of hydrogen-bond donors (Lipinski definition) is 0. The van der Waals surface area contributed by atoms with Crippen LogP contribution in [0.4, 0.5) is 0 Å². The van der Waals surface area contributed by atoms with Crippen LogP contribution in [0.5, 0.6) is 5.75 Å². The summed E-state index contributed by atoms with van der Waals surface area (Å²) in [6, 6.07) is 12.7. The van der Waals surface area contributed by atoms with Crippen LogP contribution >= 0.6 is 0 Å². The summed E-state index contributed by atoms with van der Waals surface area (Å²) < 4.78 is 38.6. The molecule has 0 N–H and O–H groups in total. The van der Waals surface area contributed by atoms with Crippen LogP contribution < -0.4 is 4.74 Å². The highest BCUT2D eigenvalue weighted by atomic mass is 32.2. The maximum absolute atomic E-state index is 13.8. The summed E-state index contributed by atoms with van der Waals surface area (Å²) in [7, 11) is -3.76. The number of ether oxygens (including phenoxy) is 2. The molecule has 1 aliphatic rings. The van der Waals surface area contributed by atoms with Crippen molar-refractivity contribution in [3.8, 4) is 5.75 Å². The smallest absolute Gasteiger partial charge is 0.210 e. The van der Waals surface area contributed by atoms with E-state index in [0.29, 0.717) is 23.9 Å². The number of hydrogen-bond acceptors (Lipinski definition) is 4. The Kier molecular flexibility index (Phi) is 5.36. The summed E-state index contributed by atoms with van der Waals surface area (Å²) in [6.45, 7) is 13.3. The van der Waals surface area contributed by atoms with Crippen molar-refractivity contribution in [2.75, 3.05) is 13.2 Å². The molecule has 1 heterocycles. The molecule has 2 aromatic carbocycles. The van der Waals surface area contributed by atoms with Crippen LogP contribution in [0, 0.1) is 0 Å². The molecule has 152 valence electrons. The lowest BCUT2D eigenvalue weighted by Gasteiger charge is -2.25. The lowest BCUT2D eigenvalue weighted by atomic mass is 9.87. The Bertz CT molecular complexity index is 959. The van der Waals surface area contributed by atoms with Gasteiger partial charge in [-0.3, -0.25) is 0 Å². The first-order chi connectivity index (χ1) is 12.9. The fourth-order valence-electron chi connectivity index (χ4n) is 3.09. The van der Waals surface area contributed by atoms with Gasteiger partial charge in [0, 0.05) is 0 Å². The molecule has 4 nitrogen and oxygen atoms in total. The van der Waals surface area contributed by atoms with Gasteiger partial charge in [0.2, 0.25) is 9.84 Å². The third kappa shape index (κ3) is 4.41. The van der Waals surface area contributed by atoms with Crippen molar-refractivity contribution >= 4 is 9.84 Å². The third-order valence-electron chi connectivity index (χ3n) is 4.89. The minimum Gasteiger partial charge on any atom is -0.489 e. The molecule has 0 saturated carbocycles. The molecule has 0 aliphatic carbocycles. The average Bonchev–Trinajstić information content (AvgIpc) is 3.42. The Balaban J connectivity index is 2.16. The SMILES string of the molecule is CC(C)(C)c1cccc(S(=O)(=O)c2c(OCC3CO3)cccc2C(C)(C)C)c1. The van der Waals surface area contributed by atoms with Crippen LogP contribution in [0.2, 0.25) is 0 Å². The minimum absolute atomic E-state index is 0.0538. The van der Waals surface area contributed by atoms with Gasteiger partial charge in [-0.05, 0) is 40.2 Å². The maximum Gasteiger partial charge on any atom is 0.210 e. The fourth-order valence-corrected chi connectivity index (χ4v) is 4.92. The number of epoxide rings is 1. The van der Waals surface area contributed by atoms with Gasteiger partial charge in [-0.15, -0.1) is 0 Å². The molecule has 28 heavy (non-hydrogen) atoms. The highest BCUT2D eigenvalue weighted by Crippen LogP contribution is 2.39. The Hall–Kier alpha value is -1.85. The summed E-state index contributed by atoms with van der Waals surface area (Å²) >= 11 is 0. The molecule has 1 unspecified atom stereocenters. The molecule has 1 fully saturated rings. The van der Waals surface area contributed by atoms with Crippen molar-refractivity contribution in [3.05, 3.63) is 53.6 Å². The first-order valence-corrected chi connectivity index (χ1v) is 11.1. The first-order valence-electron chi connectivity index (χ1n) is 9.64. The van der Waals surface area contributed by atoms with Crippen molar-refractivity contribution in [1.29, 1.82) is 0 Å². The van der Waals surface area contributed by atoms with Gasteiger partial charge in [-0.1, -0.05) is 65.8 Å². The van der Waals surface area contributed by atoms with Gasteiger partial charge < -0.3 is 9.47 Å². The molecule has 0 bridgehead atoms. The highest BCUT2D eigenvalue weighted by molar-refractivity contribution is 7.91. The first kappa shape index (κ1) is 20.9. The fraction of sp³-hybridized carbons (Fsp3) is 0.478. The molecule has 0 spiro atoms. The lowest BCUT2D eigenvalue weighted by Crippen LogP contribution is -2.19. The highest BCUT2D eigenvalue weighted by Gasteiger charge is 2.32. The van der Waals surface area contributed by atoms with Crippen LogP contribution in [-0.2, 0) is 25.4 Å². The molecule has 2 aromatic rings. The van der Waals surface area contributed by atoms with E-state index in [0.717, 1.165) is 11.1 Å². The Morgan fingerprint density at radius 3 is 2.21 bits per heavy atom. The van der Waals surface area contributed by atoms with E-state index in [1.807, 2.05) is 45.0 Å². The number of benzene rings is 2. The standard InChI is InChI=1S/C23H30O4S/c1-22(2,3)16-9-7-10-18(13-16)28(24,25)21-19(23(4,5)6)11-8-12-20(21)27-15-17-14-26-17/h7-13,17H,14-15H2,1-6H3. The van der Waals surface area contributed by atoms with Crippen molar-refractivity contribution in [1.82, 2.24) is 0 Å². The zero-order valence-electron chi connectivity index (χ0n) is 17.6. The largest absolute Gasteiger partial charge is 0.489 e. The predicted molar refractivity (Wildman–Crippen MR) is 111 cm³/mol. The van der Waals surface area contributed by atoms with E-state index in [-0.39, 0.29) is 21.8 Å². The molecule has 0 aromatic heterocycles. The second-order valence-corrected chi connectivity index (χ2v) is 11.3. The van der Waals surface area contributed by atoms with Gasteiger partial charge >= 0.3 is 0 Å². The van der Waals surface area contributed by atoms with E-state index < -0.39 is 9.84 Å². The summed E-state index contributed by atoms with van der Waals surface area (Å²) in [5.74, 6) is 0.393. The third-order valence-corrected chi connectivity index (χ3v) is 6.73. The van der Waals surface area contributed by atoms with Crippen LogP contribution in [0.25, 0.3) is 0 Å². The predicted octanol–water partition coefficient (Wildman–Crippen LogP) is 4.89. The van der Waals surface area contributed by atoms with Crippen molar-refractivity contribution in [3.63, 3.8) is 0 Å². The van der Waals surface area contributed by atoms with Crippen LogP contribution in [0.3, 0.4) is 0 Å². The van der Waals surface area contributed by atoms with Crippen molar-refractivity contribution < 1.29 is 17.9 Å². The quantitative estimate of drug-likeness (QED) is 0.668. The zero-order chi connectivity index (χ0) is 20.7. The number of sulfone groups is 1. The molecular formula is C23H30O4S. The van der Waals surface area contributed by atoms with Gasteiger partial charge in [-0.25, -0.2) is 8.42 Å². The average molecular weight is 403 g/mol. The molecule has 1 aliphatic heterocycles. The van der Waals surface area contributed by atoms with E-state index in [1.54, 1.807) is 18.2 Å². The van der Waals surface area contributed by atoms with E-state index in [2.05, 4.69) is 20.8 Å². The van der Waals surface area contributed by atoms with Gasteiger partial charge in [-0.2, -0.15) is 0 Å². The minimum atomic E-state index is -3.76. The maximum atomic E-state index is 13.8.